The number of hydrogen-bond acceptors (Lipinski definition) is 2. The number of hydrogen-bond donors (Lipinski definition) is 1. The molecule has 0 unspecified atom stereocenters. The number of nitrogens with zero attached hydrogens (tertiary/aromatic N) is 1. The molecule has 0 saturated carbocycles. The Hall–Kier alpha value is -1.49. The highest BCUT2D eigenvalue weighted by atomic mass is 16.4. The van der Waals surface area contributed by atoms with Gasteiger partial charge in [-0.3, -0.25) is 0 Å². The summed E-state index contributed by atoms with van der Waals surface area (Å²) >= 11 is 0. The summed E-state index contributed by atoms with van der Waals surface area (Å²) in [4.78, 5) is 13.0. The number of carbonyl (C=O) groups is 1. The fraction of sp³-hybridized carbons (Fsp3) is 0.222. The van der Waals surface area contributed by atoms with E-state index in [4.69, 9.17) is 4.65 Å². The van der Waals surface area contributed by atoms with Crippen molar-refractivity contribution in [2.24, 2.45) is 0 Å². The molecule has 2 rings (SSSR count). The van der Waals surface area contributed by atoms with Crippen LogP contribution in [0.5, 0.6) is 0 Å². The minimum atomic E-state index is -0.292. The third-order valence-electron chi connectivity index (χ3n) is 2.36. The molecule has 0 fully saturated rings. The van der Waals surface area contributed by atoms with Crippen LogP contribution in [0.25, 0.3) is 0 Å². The number of nitrogens with one attached hydrogen (secondary N) is 1. The first-order valence-electron chi connectivity index (χ1n) is 4.39. The van der Waals surface area contributed by atoms with E-state index in [-0.39, 0.29) is 13.1 Å². The van der Waals surface area contributed by atoms with Gasteiger partial charge in [-0.2, -0.15) is 0 Å². The Labute approximate surface area is 83.0 Å². The number of urea groups is 1. The molecule has 1 heterocycles. The number of benzene rings is 1. The summed E-state index contributed by atoms with van der Waals surface area (Å²) in [6.45, 7) is 0. The molecule has 1 N–H and O–H groups in total. The van der Waals surface area contributed by atoms with Crippen molar-refractivity contribution in [2.45, 2.75) is 0 Å². The zero-order chi connectivity index (χ0) is 10.1. The first kappa shape index (κ1) is 9.08. The van der Waals surface area contributed by atoms with Gasteiger partial charge in [0.25, 0.3) is 0 Å². The van der Waals surface area contributed by atoms with Gasteiger partial charge >= 0.3 is 13.1 Å². The van der Waals surface area contributed by atoms with E-state index >= 15 is 0 Å². The Morgan fingerprint density at radius 1 is 1.43 bits per heavy atom. The summed E-state index contributed by atoms with van der Waals surface area (Å²) in [7, 11) is 3.01. The molecule has 4 nitrogen and oxygen atoms in total. The second-order valence-corrected chi connectivity index (χ2v) is 3.22. The maximum Gasteiger partial charge on any atom is 0.457 e. The molecule has 0 aliphatic carbocycles. The second-order valence-electron chi connectivity index (χ2n) is 3.22. The maximum absolute atomic E-state index is 11.5. The largest absolute Gasteiger partial charge is 0.457 e. The van der Waals surface area contributed by atoms with Crippen LogP contribution in [-0.2, 0) is 4.65 Å². The summed E-state index contributed by atoms with van der Waals surface area (Å²) in [5, 5.41) is 2.78. The van der Waals surface area contributed by atoms with E-state index in [1.54, 1.807) is 14.2 Å². The van der Waals surface area contributed by atoms with Crippen LogP contribution >= 0.6 is 0 Å². The van der Waals surface area contributed by atoms with Crippen molar-refractivity contribution in [1.29, 1.82) is 0 Å². The fourth-order valence-corrected chi connectivity index (χ4v) is 1.63. The second kappa shape index (κ2) is 3.34. The van der Waals surface area contributed by atoms with Crippen molar-refractivity contribution >= 4 is 24.2 Å². The molecule has 1 aromatic rings. The normalized spacial score (nSPS) is 15.1. The average molecular weight is 190 g/mol. The minimum Gasteiger partial charge on any atom is -0.415 e. The standard InChI is InChI=1S/C9H11BN2O2/c1-12-9(13)11-8-6-4-3-5-7(8)10(12)14-2/h3-6H,1-2H3,(H,11,13). The lowest BCUT2D eigenvalue weighted by Gasteiger charge is -2.30. The number of rotatable bonds is 1. The number of carbonyl (C=O) groups excluding carboxylic acids is 1. The maximum atomic E-state index is 11.5. The van der Waals surface area contributed by atoms with Gasteiger partial charge in [0.1, 0.15) is 0 Å². The van der Waals surface area contributed by atoms with Gasteiger partial charge in [-0.25, -0.2) is 4.79 Å². The molecule has 5 heteroatoms. The van der Waals surface area contributed by atoms with Crippen LogP contribution in [0, 0.1) is 0 Å². The molecule has 14 heavy (non-hydrogen) atoms. The number of anilines is 1. The van der Waals surface area contributed by atoms with Crippen molar-refractivity contribution < 1.29 is 9.45 Å². The predicted molar refractivity (Wildman–Crippen MR) is 55.6 cm³/mol. The van der Waals surface area contributed by atoms with Crippen LogP contribution in [0.15, 0.2) is 24.3 Å². The van der Waals surface area contributed by atoms with E-state index in [9.17, 15) is 4.79 Å². The summed E-state index contributed by atoms with van der Waals surface area (Å²) < 4.78 is 5.27. The van der Waals surface area contributed by atoms with Gasteiger partial charge in [0.2, 0.25) is 0 Å². The van der Waals surface area contributed by atoms with Gasteiger partial charge in [-0.05, 0) is 11.5 Å². The molecule has 0 bridgehead atoms. The highest BCUT2D eigenvalue weighted by Gasteiger charge is 2.34. The molecule has 0 atom stereocenters. The number of amides is 2. The first-order chi connectivity index (χ1) is 6.74. The van der Waals surface area contributed by atoms with E-state index in [2.05, 4.69) is 5.32 Å². The summed E-state index contributed by atoms with van der Waals surface area (Å²) in [5.74, 6) is 0. The van der Waals surface area contributed by atoms with E-state index < -0.39 is 0 Å². The summed E-state index contributed by atoms with van der Waals surface area (Å²) in [6, 6.07) is 7.48. The molecule has 1 aromatic carbocycles. The van der Waals surface area contributed by atoms with Crippen LogP contribution < -0.4 is 10.8 Å². The van der Waals surface area contributed by atoms with Crippen LogP contribution in [-0.4, -0.2) is 32.1 Å². The summed E-state index contributed by atoms with van der Waals surface area (Å²) in [6.07, 6.45) is 0. The average Bonchev–Trinajstić information content (AvgIpc) is 2.20. The lowest BCUT2D eigenvalue weighted by atomic mass is 9.69. The molecular weight excluding hydrogens is 179 g/mol. The number of para-hydroxylation sites is 1. The van der Waals surface area contributed by atoms with E-state index in [1.165, 1.54) is 4.81 Å². The first-order valence-corrected chi connectivity index (χ1v) is 4.39. The third-order valence-corrected chi connectivity index (χ3v) is 2.36. The molecular formula is C9H11BN2O2. The molecule has 2 amide bonds. The SMILES string of the molecule is COB1c2ccccc2NC(=O)N1C. The van der Waals surface area contributed by atoms with E-state index in [1.807, 2.05) is 24.3 Å². The van der Waals surface area contributed by atoms with Crippen LogP contribution in [0.2, 0.25) is 0 Å². The van der Waals surface area contributed by atoms with Gasteiger partial charge in [0, 0.05) is 19.8 Å². The monoisotopic (exact) mass is 190 g/mol. The molecule has 0 spiro atoms. The fourth-order valence-electron chi connectivity index (χ4n) is 1.63. The van der Waals surface area contributed by atoms with Crippen molar-refractivity contribution in [3.05, 3.63) is 24.3 Å². The van der Waals surface area contributed by atoms with E-state index in [0.29, 0.717) is 0 Å². The third kappa shape index (κ3) is 1.26. The van der Waals surface area contributed by atoms with Crippen LogP contribution in [0.3, 0.4) is 0 Å². The molecule has 0 radical (unpaired) electrons. The van der Waals surface area contributed by atoms with Gasteiger partial charge in [0.15, 0.2) is 0 Å². The Morgan fingerprint density at radius 3 is 2.86 bits per heavy atom. The van der Waals surface area contributed by atoms with Crippen molar-refractivity contribution in [3.8, 4) is 0 Å². The zero-order valence-corrected chi connectivity index (χ0v) is 8.15. The van der Waals surface area contributed by atoms with Gasteiger partial charge < -0.3 is 14.8 Å². The molecule has 1 aliphatic rings. The Bertz CT molecular complexity index is 370. The number of fused-ring (bicyclic) bond motifs is 1. The highest BCUT2D eigenvalue weighted by Crippen LogP contribution is 2.13. The predicted octanol–water partition coefficient (Wildman–Crippen LogP) is 0.505. The smallest absolute Gasteiger partial charge is 0.415 e. The van der Waals surface area contributed by atoms with Crippen LogP contribution in [0.4, 0.5) is 10.5 Å². The Kier molecular flexibility index (Phi) is 2.17. The van der Waals surface area contributed by atoms with Crippen LogP contribution in [0.1, 0.15) is 0 Å². The summed E-state index contributed by atoms with van der Waals surface area (Å²) in [5.41, 5.74) is 1.81. The minimum absolute atomic E-state index is 0.143. The molecule has 0 aromatic heterocycles. The molecule has 1 aliphatic heterocycles. The lowest BCUT2D eigenvalue weighted by Crippen LogP contribution is -2.57. The van der Waals surface area contributed by atoms with Crippen molar-refractivity contribution in [2.75, 3.05) is 19.5 Å². The van der Waals surface area contributed by atoms with Gasteiger partial charge in [-0.1, -0.05) is 18.2 Å². The zero-order valence-electron chi connectivity index (χ0n) is 8.15. The van der Waals surface area contributed by atoms with E-state index in [0.717, 1.165) is 11.2 Å². The highest BCUT2D eigenvalue weighted by molar-refractivity contribution is 6.70. The van der Waals surface area contributed by atoms with Gasteiger partial charge in [-0.15, -0.1) is 0 Å². The van der Waals surface area contributed by atoms with Crippen molar-refractivity contribution in [3.63, 3.8) is 0 Å². The lowest BCUT2D eigenvalue weighted by molar-refractivity contribution is 0.234. The van der Waals surface area contributed by atoms with Crippen molar-refractivity contribution in [1.82, 2.24) is 4.81 Å². The van der Waals surface area contributed by atoms with Gasteiger partial charge in [0.05, 0.1) is 0 Å². The quantitative estimate of drug-likeness (QED) is 0.655. The topological polar surface area (TPSA) is 41.6 Å². The molecule has 72 valence electrons. The molecule has 0 saturated heterocycles. The Balaban J connectivity index is 2.47. The Morgan fingerprint density at radius 2 is 2.14 bits per heavy atom.